The lowest BCUT2D eigenvalue weighted by Gasteiger charge is -2.22. The molecule has 0 unspecified atom stereocenters. The van der Waals surface area contributed by atoms with Crippen LogP contribution in [0.1, 0.15) is 31.2 Å². The molecule has 0 radical (unpaired) electrons. The van der Waals surface area contributed by atoms with Gasteiger partial charge in [-0.1, -0.05) is 41.8 Å². The van der Waals surface area contributed by atoms with Crippen LogP contribution in [-0.2, 0) is 0 Å². The molecule has 1 aromatic heterocycles. The number of anilines is 3. The molecule has 0 amide bonds. The largest absolute Gasteiger partial charge is 0.366 e. The average molecular weight is 444 g/mol. The standard InChI is InChI=1S/C21H22ClN5O2S/c1-14-6-8-16(22)13-17(14)23-21-25-24-20(30-21)15-7-9-18(19(12-15)27(28)29)26-10-4-2-3-5-11-26/h6-9,12-13H,2-5,10-11H2,1H3,(H,23,25). The van der Waals surface area contributed by atoms with Gasteiger partial charge in [-0.2, -0.15) is 0 Å². The molecular formula is C21H22ClN5O2S. The maximum Gasteiger partial charge on any atom is 0.293 e. The van der Waals surface area contributed by atoms with Crippen LogP contribution in [-0.4, -0.2) is 28.2 Å². The molecule has 0 spiro atoms. The van der Waals surface area contributed by atoms with E-state index in [4.69, 9.17) is 11.6 Å². The quantitative estimate of drug-likeness (QED) is 0.373. The molecule has 1 fully saturated rings. The minimum atomic E-state index is -0.306. The lowest BCUT2D eigenvalue weighted by Crippen LogP contribution is -2.24. The van der Waals surface area contributed by atoms with Crippen molar-refractivity contribution in [2.45, 2.75) is 32.6 Å². The summed E-state index contributed by atoms with van der Waals surface area (Å²) in [7, 11) is 0. The summed E-state index contributed by atoms with van der Waals surface area (Å²) in [5.41, 5.74) is 3.38. The molecule has 1 saturated heterocycles. The van der Waals surface area contributed by atoms with E-state index >= 15 is 0 Å². The molecule has 2 aromatic carbocycles. The van der Waals surface area contributed by atoms with Crippen molar-refractivity contribution in [1.29, 1.82) is 0 Å². The van der Waals surface area contributed by atoms with Gasteiger partial charge in [0, 0.05) is 35.4 Å². The zero-order valence-corrected chi connectivity index (χ0v) is 18.2. The van der Waals surface area contributed by atoms with Crippen molar-refractivity contribution >= 4 is 45.1 Å². The van der Waals surface area contributed by atoms with Gasteiger partial charge in [0.2, 0.25) is 5.13 Å². The van der Waals surface area contributed by atoms with Crippen LogP contribution in [0.4, 0.5) is 22.2 Å². The SMILES string of the molecule is Cc1ccc(Cl)cc1Nc1nnc(-c2ccc(N3CCCCCC3)c([N+](=O)[O-])c2)s1. The van der Waals surface area contributed by atoms with E-state index in [-0.39, 0.29) is 10.6 Å². The van der Waals surface area contributed by atoms with Crippen molar-refractivity contribution in [1.82, 2.24) is 10.2 Å². The summed E-state index contributed by atoms with van der Waals surface area (Å²) in [5, 5.41) is 25.3. The summed E-state index contributed by atoms with van der Waals surface area (Å²) in [5.74, 6) is 0. The molecule has 0 aliphatic carbocycles. The number of aromatic nitrogens is 2. The Labute approximate surface area is 183 Å². The molecule has 9 heteroatoms. The molecule has 156 valence electrons. The molecule has 0 atom stereocenters. The molecule has 3 aromatic rings. The normalized spacial score (nSPS) is 14.4. The number of halogens is 1. The molecule has 1 N–H and O–H groups in total. The van der Waals surface area contributed by atoms with Crippen LogP contribution in [0.25, 0.3) is 10.6 Å². The second kappa shape index (κ2) is 8.97. The summed E-state index contributed by atoms with van der Waals surface area (Å²) in [4.78, 5) is 13.6. The Balaban J connectivity index is 1.60. The first-order valence-electron chi connectivity index (χ1n) is 9.92. The second-order valence-corrected chi connectivity index (χ2v) is 8.77. The van der Waals surface area contributed by atoms with Crippen molar-refractivity contribution in [3.05, 3.63) is 57.1 Å². The molecule has 7 nitrogen and oxygen atoms in total. The number of nitro benzene ring substituents is 1. The van der Waals surface area contributed by atoms with E-state index in [0.29, 0.717) is 26.4 Å². The smallest absolute Gasteiger partial charge is 0.293 e. The topological polar surface area (TPSA) is 84.2 Å². The maximum absolute atomic E-state index is 11.8. The first-order chi connectivity index (χ1) is 14.5. The van der Waals surface area contributed by atoms with E-state index in [9.17, 15) is 10.1 Å². The fourth-order valence-corrected chi connectivity index (χ4v) is 4.54. The number of aryl methyl sites for hydroxylation is 1. The van der Waals surface area contributed by atoms with Crippen LogP contribution in [0.15, 0.2) is 36.4 Å². The van der Waals surface area contributed by atoms with Gasteiger partial charge in [-0.05, 0) is 49.6 Å². The number of nitrogens with one attached hydrogen (secondary N) is 1. The number of benzene rings is 2. The number of rotatable bonds is 5. The highest BCUT2D eigenvalue weighted by molar-refractivity contribution is 7.18. The van der Waals surface area contributed by atoms with Crippen LogP contribution < -0.4 is 10.2 Å². The number of hydrogen-bond donors (Lipinski definition) is 1. The third kappa shape index (κ3) is 4.55. The van der Waals surface area contributed by atoms with Gasteiger partial charge < -0.3 is 10.2 Å². The third-order valence-electron chi connectivity index (χ3n) is 5.23. The van der Waals surface area contributed by atoms with Gasteiger partial charge in [0.05, 0.1) is 4.92 Å². The molecule has 4 rings (SSSR count). The van der Waals surface area contributed by atoms with Gasteiger partial charge in [0.25, 0.3) is 5.69 Å². The Hall–Kier alpha value is -2.71. The highest BCUT2D eigenvalue weighted by Gasteiger charge is 2.22. The van der Waals surface area contributed by atoms with Crippen LogP contribution >= 0.6 is 22.9 Å². The molecular weight excluding hydrogens is 422 g/mol. The lowest BCUT2D eigenvalue weighted by atomic mass is 10.1. The van der Waals surface area contributed by atoms with Gasteiger partial charge in [-0.15, -0.1) is 10.2 Å². The summed E-state index contributed by atoms with van der Waals surface area (Å²) >= 11 is 7.43. The van der Waals surface area contributed by atoms with Crippen LogP contribution in [0.2, 0.25) is 5.02 Å². The van der Waals surface area contributed by atoms with E-state index in [2.05, 4.69) is 20.4 Å². The van der Waals surface area contributed by atoms with E-state index in [1.807, 2.05) is 37.3 Å². The monoisotopic (exact) mass is 443 g/mol. The van der Waals surface area contributed by atoms with Crippen molar-refractivity contribution < 1.29 is 4.92 Å². The zero-order chi connectivity index (χ0) is 21.1. The average Bonchev–Trinajstić information content (AvgIpc) is 3.03. The van der Waals surface area contributed by atoms with E-state index in [0.717, 1.165) is 37.2 Å². The summed E-state index contributed by atoms with van der Waals surface area (Å²) in [6.07, 6.45) is 4.48. The summed E-state index contributed by atoms with van der Waals surface area (Å²) in [6.45, 7) is 3.68. The predicted octanol–water partition coefficient (Wildman–Crippen LogP) is 6.20. The second-order valence-electron chi connectivity index (χ2n) is 7.36. The van der Waals surface area contributed by atoms with Gasteiger partial charge >= 0.3 is 0 Å². The molecule has 30 heavy (non-hydrogen) atoms. The minimum absolute atomic E-state index is 0.116. The summed E-state index contributed by atoms with van der Waals surface area (Å²) in [6, 6.07) is 10.9. The zero-order valence-electron chi connectivity index (χ0n) is 16.6. The lowest BCUT2D eigenvalue weighted by molar-refractivity contribution is -0.384. The fraction of sp³-hybridized carbons (Fsp3) is 0.333. The van der Waals surface area contributed by atoms with E-state index < -0.39 is 0 Å². The fourth-order valence-electron chi connectivity index (χ4n) is 3.62. The third-order valence-corrected chi connectivity index (χ3v) is 6.35. The number of nitro groups is 1. The van der Waals surface area contributed by atoms with Gasteiger partial charge in [-0.3, -0.25) is 10.1 Å². The Bertz CT molecular complexity index is 1060. The Morgan fingerprint density at radius 3 is 2.60 bits per heavy atom. The molecule has 0 bridgehead atoms. The number of nitrogens with zero attached hydrogens (tertiary/aromatic N) is 4. The molecule has 1 aliphatic heterocycles. The first kappa shape index (κ1) is 20.6. The Kier molecular flexibility index (Phi) is 6.15. The number of hydrogen-bond acceptors (Lipinski definition) is 7. The van der Waals surface area contributed by atoms with Gasteiger partial charge in [0.1, 0.15) is 10.7 Å². The molecule has 0 saturated carbocycles. The van der Waals surface area contributed by atoms with Crippen molar-refractivity contribution in [2.24, 2.45) is 0 Å². The Morgan fingerprint density at radius 1 is 1.10 bits per heavy atom. The van der Waals surface area contributed by atoms with Gasteiger partial charge in [0.15, 0.2) is 0 Å². The maximum atomic E-state index is 11.8. The van der Waals surface area contributed by atoms with Crippen molar-refractivity contribution in [3.63, 3.8) is 0 Å². The Morgan fingerprint density at radius 2 is 1.87 bits per heavy atom. The van der Waals surface area contributed by atoms with Crippen LogP contribution in [0.5, 0.6) is 0 Å². The van der Waals surface area contributed by atoms with E-state index in [1.165, 1.54) is 24.2 Å². The van der Waals surface area contributed by atoms with Crippen LogP contribution in [0, 0.1) is 17.0 Å². The van der Waals surface area contributed by atoms with Crippen LogP contribution in [0.3, 0.4) is 0 Å². The van der Waals surface area contributed by atoms with Crippen molar-refractivity contribution in [2.75, 3.05) is 23.3 Å². The highest BCUT2D eigenvalue weighted by Crippen LogP contribution is 2.36. The first-order valence-corrected chi connectivity index (χ1v) is 11.1. The summed E-state index contributed by atoms with van der Waals surface area (Å²) < 4.78 is 0. The minimum Gasteiger partial charge on any atom is -0.366 e. The van der Waals surface area contributed by atoms with Gasteiger partial charge in [-0.25, -0.2) is 0 Å². The molecule has 2 heterocycles. The highest BCUT2D eigenvalue weighted by atomic mass is 35.5. The van der Waals surface area contributed by atoms with E-state index in [1.54, 1.807) is 6.07 Å². The predicted molar refractivity (Wildman–Crippen MR) is 122 cm³/mol. The molecule has 1 aliphatic rings. The van der Waals surface area contributed by atoms with Crippen molar-refractivity contribution in [3.8, 4) is 10.6 Å².